The molecule has 4 rings (SSSR count). The third-order valence-corrected chi connectivity index (χ3v) is 7.60. The van der Waals surface area contributed by atoms with Gasteiger partial charge in [0, 0.05) is 22.4 Å². The van der Waals surface area contributed by atoms with E-state index in [4.69, 9.17) is 28.2 Å². The number of nitrogens with zero attached hydrogens (tertiary/aromatic N) is 2. The summed E-state index contributed by atoms with van der Waals surface area (Å²) in [6.07, 6.45) is 0. The van der Waals surface area contributed by atoms with Gasteiger partial charge in [-0.2, -0.15) is 0 Å². The van der Waals surface area contributed by atoms with Crippen molar-refractivity contribution < 1.29 is 8.42 Å². The molecule has 4 aromatic rings. The first kappa shape index (κ1) is 25.3. The van der Waals surface area contributed by atoms with Crippen LogP contribution in [0, 0.1) is 6.92 Å². The molecule has 1 N–H and O–H groups in total. The molecule has 0 atom stereocenters. The Morgan fingerprint density at radius 3 is 2.09 bits per heavy atom. The molecule has 0 spiro atoms. The molecule has 0 aliphatic rings. The van der Waals surface area contributed by atoms with Gasteiger partial charge in [-0.15, -0.1) is 0 Å². The number of aromatic nitrogens is 2. The van der Waals surface area contributed by atoms with E-state index in [0.717, 1.165) is 33.6 Å². The third-order valence-electron chi connectivity index (χ3n) is 5.11. The molecule has 180 valence electrons. The zero-order valence-electron chi connectivity index (χ0n) is 19.8. The molecule has 0 bridgehead atoms. The quantitative estimate of drug-likeness (QED) is 0.299. The van der Waals surface area contributed by atoms with Crippen molar-refractivity contribution in [3.8, 4) is 33.8 Å². The summed E-state index contributed by atoms with van der Waals surface area (Å²) < 4.78 is 28.3. The van der Waals surface area contributed by atoms with E-state index in [2.05, 4.69) is 9.71 Å². The lowest BCUT2D eigenvalue weighted by Gasteiger charge is -2.20. The SMILES string of the molecule is Cc1cc(-c2ccc(Cl)c(Cl)c2)nc(-c2cccc(-c3cccc(S(=O)(=O)NC(C)(C)C)c3)c2)n1. The van der Waals surface area contributed by atoms with Gasteiger partial charge in [0.2, 0.25) is 10.0 Å². The number of nitrogens with one attached hydrogen (secondary N) is 1. The zero-order chi connectivity index (χ0) is 25.4. The normalized spacial score (nSPS) is 12.1. The summed E-state index contributed by atoms with van der Waals surface area (Å²) >= 11 is 12.3. The second-order valence-corrected chi connectivity index (χ2v) is 11.8. The van der Waals surface area contributed by atoms with Gasteiger partial charge in [-0.3, -0.25) is 0 Å². The van der Waals surface area contributed by atoms with Crippen LogP contribution in [0.25, 0.3) is 33.8 Å². The molecule has 1 aromatic heterocycles. The maximum Gasteiger partial charge on any atom is 0.241 e. The molecule has 3 aromatic carbocycles. The molecule has 0 unspecified atom stereocenters. The van der Waals surface area contributed by atoms with Crippen molar-refractivity contribution in [3.05, 3.63) is 88.5 Å². The number of sulfonamides is 1. The van der Waals surface area contributed by atoms with Gasteiger partial charge in [0.15, 0.2) is 5.82 Å². The fourth-order valence-corrected chi connectivity index (χ4v) is 5.41. The molecule has 0 aliphatic heterocycles. The van der Waals surface area contributed by atoms with Crippen LogP contribution in [-0.2, 0) is 10.0 Å². The number of rotatable bonds is 5. The third kappa shape index (κ3) is 6.08. The van der Waals surface area contributed by atoms with Crippen LogP contribution < -0.4 is 4.72 Å². The second kappa shape index (κ2) is 9.70. The molecule has 0 radical (unpaired) electrons. The van der Waals surface area contributed by atoms with E-state index in [0.29, 0.717) is 15.9 Å². The predicted molar refractivity (Wildman–Crippen MR) is 143 cm³/mol. The molecular formula is C27H25Cl2N3O2S. The average molecular weight is 526 g/mol. The number of hydrogen-bond acceptors (Lipinski definition) is 4. The molecule has 5 nitrogen and oxygen atoms in total. The van der Waals surface area contributed by atoms with Gasteiger partial charge in [-0.25, -0.2) is 23.1 Å². The van der Waals surface area contributed by atoms with Crippen molar-refractivity contribution >= 4 is 33.2 Å². The summed E-state index contributed by atoms with van der Waals surface area (Å²) in [6.45, 7) is 7.34. The van der Waals surface area contributed by atoms with Crippen LogP contribution in [0.15, 0.2) is 77.7 Å². The Morgan fingerprint density at radius 1 is 0.743 bits per heavy atom. The second-order valence-electron chi connectivity index (χ2n) is 9.31. The lowest BCUT2D eigenvalue weighted by atomic mass is 10.0. The topological polar surface area (TPSA) is 72.0 Å². The van der Waals surface area contributed by atoms with Crippen LogP contribution in [0.4, 0.5) is 0 Å². The van der Waals surface area contributed by atoms with E-state index < -0.39 is 15.6 Å². The first-order valence-electron chi connectivity index (χ1n) is 11.0. The molecule has 8 heteroatoms. The highest BCUT2D eigenvalue weighted by Gasteiger charge is 2.22. The number of benzene rings is 3. The maximum absolute atomic E-state index is 12.8. The highest BCUT2D eigenvalue weighted by Crippen LogP contribution is 2.31. The van der Waals surface area contributed by atoms with E-state index in [1.165, 1.54) is 0 Å². The van der Waals surface area contributed by atoms with Gasteiger partial charge < -0.3 is 0 Å². The van der Waals surface area contributed by atoms with E-state index in [9.17, 15) is 8.42 Å². The first-order valence-corrected chi connectivity index (χ1v) is 13.2. The van der Waals surface area contributed by atoms with Crippen molar-refractivity contribution in [2.45, 2.75) is 38.1 Å². The Kier molecular flexibility index (Phi) is 7.02. The predicted octanol–water partition coefficient (Wildman–Crippen LogP) is 7.17. The average Bonchev–Trinajstić information content (AvgIpc) is 2.79. The minimum atomic E-state index is -3.65. The lowest BCUT2D eigenvalue weighted by Crippen LogP contribution is -2.40. The molecule has 1 heterocycles. The monoisotopic (exact) mass is 525 g/mol. The van der Waals surface area contributed by atoms with E-state index in [1.54, 1.807) is 30.3 Å². The Labute approximate surface area is 216 Å². The summed E-state index contributed by atoms with van der Waals surface area (Å²) in [6, 6.07) is 21.9. The van der Waals surface area contributed by atoms with Gasteiger partial charge in [0.25, 0.3) is 0 Å². The van der Waals surface area contributed by atoms with Crippen LogP contribution >= 0.6 is 23.2 Å². The summed E-state index contributed by atoms with van der Waals surface area (Å²) in [4.78, 5) is 9.60. The Balaban J connectivity index is 1.73. The van der Waals surface area contributed by atoms with Crippen LogP contribution in [-0.4, -0.2) is 23.9 Å². The Bertz CT molecular complexity index is 1510. The number of halogens is 2. The lowest BCUT2D eigenvalue weighted by molar-refractivity contribution is 0.491. The Hall–Kier alpha value is -2.77. The van der Waals surface area contributed by atoms with Gasteiger partial charge in [0.1, 0.15) is 0 Å². The summed E-state index contributed by atoms with van der Waals surface area (Å²) in [5.74, 6) is 0.561. The van der Waals surface area contributed by atoms with E-state index >= 15 is 0 Å². The van der Waals surface area contributed by atoms with Crippen LogP contribution in [0.1, 0.15) is 26.5 Å². The highest BCUT2D eigenvalue weighted by molar-refractivity contribution is 7.89. The van der Waals surface area contributed by atoms with Gasteiger partial charge in [0.05, 0.1) is 20.6 Å². The van der Waals surface area contributed by atoms with Crippen molar-refractivity contribution in [2.75, 3.05) is 0 Å². The van der Waals surface area contributed by atoms with Crippen molar-refractivity contribution in [2.24, 2.45) is 0 Å². The molecule has 0 aliphatic carbocycles. The van der Waals surface area contributed by atoms with Gasteiger partial charge >= 0.3 is 0 Å². The Morgan fingerprint density at radius 2 is 1.40 bits per heavy atom. The smallest absolute Gasteiger partial charge is 0.233 e. The van der Waals surface area contributed by atoms with Crippen LogP contribution in [0.5, 0.6) is 0 Å². The highest BCUT2D eigenvalue weighted by atomic mass is 35.5. The van der Waals surface area contributed by atoms with Crippen LogP contribution in [0.2, 0.25) is 10.0 Å². The van der Waals surface area contributed by atoms with E-state index in [-0.39, 0.29) is 4.90 Å². The summed E-state index contributed by atoms with van der Waals surface area (Å²) in [5.41, 5.74) is 4.25. The van der Waals surface area contributed by atoms with Crippen molar-refractivity contribution in [3.63, 3.8) is 0 Å². The van der Waals surface area contributed by atoms with Crippen molar-refractivity contribution in [1.29, 1.82) is 0 Å². The molecule has 0 amide bonds. The number of hydrogen-bond donors (Lipinski definition) is 1. The molecular weight excluding hydrogens is 501 g/mol. The number of aryl methyl sites for hydroxylation is 1. The largest absolute Gasteiger partial charge is 0.241 e. The molecule has 35 heavy (non-hydrogen) atoms. The van der Waals surface area contributed by atoms with Gasteiger partial charge in [-0.1, -0.05) is 59.6 Å². The minimum Gasteiger partial charge on any atom is -0.233 e. The maximum atomic E-state index is 12.8. The fraction of sp³-hybridized carbons (Fsp3) is 0.185. The molecule has 0 saturated heterocycles. The van der Waals surface area contributed by atoms with Gasteiger partial charge in [-0.05, 0) is 75.2 Å². The summed E-state index contributed by atoms with van der Waals surface area (Å²) in [7, 11) is -3.65. The minimum absolute atomic E-state index is 0.212. The molecule has 0 saturated carbocycles. The van der Waals surface area contributed by atoms with Crippen LogP contribution in [0.3, 0.4) is 0 Å². The standard InChI is InChI=1S/C27H25Cl2N3O2S/c1-17-13-25(20-11-12-23(28)24(29)16-20)31-26(30-17)21-9-5-7-18(14-21)19-8-6-10-22(15-19)35(33,34)32-27(2,3)4/h5-16,32H,1-4H3. The summed E-state index contributed by atoms with van der Waals surface area (Å²) in [5, 5.41) is 0.941. The zero-order valence-corrected chi connectivity index (χ0v) is 22.1. The first-order chi connectivity index (χ1) is 16.4. The van der Waals surface area contributed by atoms with Crippen molar-refractivity contribution in [1.82, 2.24) is 14.7 Å². The van der Waals surface area contributed by atoms with E-state index in [1.807, 2.05) is 70.2 Å². The molecule has 0 fully saturated rings. The fourth-order valence-electron chi connectivity index (χ4n) is 3.64.